The number of para-hydroxylation sites is 1. The van der Waals surface area contributed by atoms with Gasteiger partial charge in [0.05, 0.1) is 5.75 Å². The Morgan fingerprint density at radius 1 is 1.47 bits per heavy atom. The van der Waals surface area contributed by atoms with E-state index in [4.69, 9.17) is 5.73 Å². The number of rotatable bonds is 7. The monoisotopic (exact) mass is 280 g/mol. The summed E-state index contributed by atoms with van der Waals surface area (Å²) in [7, 11) is 0. The van der Waals surface area contributed by atoms with Crippen LogP contribution in [0.15, 0.2) is 18.2 Å². The standard InChI is InChI=1S/C15H24N2OS/c1-4-13-7-5-6-11(2)15(13)17-14(18)10-19-12(3)8-9-16/h5-7,12H,4,8-10,16H2,1-3H3,(H,17,18). The van der Waals surface area contributed by atoms with E-state index in [0.29, 0.717) is 17.5 Å². The Morgan fingerprint density at radius 3 is 2.84 bits per heavy atom. The van der Waals surface area contributed by atoms with Crippen LogP contribution >= 0.6 is 11.8 Å². The van der Waals surface area contributed by atoms with Crippen molar-refractivity contribution in [1.29, 1.82) is 0 Å². The summed E-state index contributed by atoms with van der Waals surface area (Å²) in [6.45, 7) is 6.91. The molecule has 0 saturated carbocycles. The number of carbonyl (C=O) groups excluding carboxylic acids is 1. The van der Waals surface area contributed by atoms with Crippen LogP contribution in [0, 0.1) is 6.92 Å². The van der Waals surface area contributed by atoms with E-state index in [2.05, 4.69) is 25.2 Å². The predicted molar refractivity (Wildman–Crippen MR) is 84.8 cm³/mol. The van der Waals surface area contributed by atoms with Crippen LogP contribution in [0.4, 0.5) is 5.69 Å². The lowest BCUT2D eigenvalue weighted by Crippen LogP contribution is -2.18. The maximum Gasteiger partial charge on any atom is 0.234 e. The third kappa shape index (κ3) is 5.25. The molecule has 0 saturated heterocycles. The quantitative estimate of drug-likeness (QED) is 0.807. The highest BCUT2D eigenvalue weighted by atomic mass is 32.2. The first kappa shape index (κ1) is 16.1. The van der Waals surface area contributed by atoms with E-state index in [1.807, 2.05) is 19.1 Å². The fourth-order valence-electron chi connectivity index (χ4n) is 1.91. The predicted octanol–water partition coefficient (Wildman–Crippen LogP) is 2.97. The van der Waals surface area contributed by atoms with Gasteiger partial charge in [0.1, 0.15) is 0 Å². The van der Waals surface area contributed by atoms with Crippen molar-refractivity contribution in [2.45, 2.75) is 38.9 Å². The van der Waals surface area contributed by atoms with Crippen molar-refractivity contribution < 1.29 is 4.79 Å². The number of anilines is 1. The van der Waals surface area contributed by atoms with Crippen LogP contribution in [0.1, 0.15) is 31.4 Å². The van der Waals surface area contributed by atoms with Crippen LogP contribution in [0.2, 0.25) is 0 Å². The maximum atomic E-state index is 12.0. The molecule has 1 unspecified atom stereocenters. The molecule has 0 bridgehead atoms. The molecule has 0 heterocycles. The summed E-state index contributed by atoms with van der Waals surface area (Å²) in [4.78, 5) is 12.0. The van der Waals surface area contributed by atoms with Gasteiger partial charge in [-0.25, -0.2) is 0 Å². The minimum absolute atomic E-state index is 0.0675. The van der Waals surface area contributed by atoms with Gasteiger partial charge in [0, 0.05) is 10.9 Å². The highest BCUT2D eigenvalue weighted by Gasteiger charge is 2.10. The zero-order valence-corrected chi connectivity index (χ0v) is 12.8. The van der Waals surface area contributed by atoms with Crippen molar-refractivity contribution in [2.24, 2.45) is 5.73 Å². The van der Waals surface area contributed by atoms with Crippen LogP contribution in [0.25, 0.3) is 0 Å². The van der Waals surface area contributed by atoms with Crippen molar-refractivity contribution in [3.63, 3.8) is 0 Å². The fraction of sp³-hybridized carbons (Fsp3) is 0.533. The lowest BCUT2D eigenvalue weighted by atomic mass is 10.1. The van der Waals surface area contributed by atoms with Crippen LogP contribution in [-0.2, 0) is 11.2 Å². The number of nitrogens with two attached hydrogens (primary N) is 1. The summed E-state index contributed by atoms with van der Waals surface area (Å²) in [6, 6.07) is 6.12. The molecule has 0 aliphatic rings. The van der Waals surface area contributed by atoms with Gasteiger partial charge in [0.2, 0.25) is 5.91 Å². The van der Waals surface area contributed by atoms with Gasteiger partial charge in [-0.3, -0.25) is 4.79 Å². The van der Waals surface area contributed by atoms with Gasteiger partial charge in [-0.2, -0.15) is 0 Å². The number of thioether (sulfide) groups is 1. The Bertz CT molecular complexity index is 421. The Kier molecular flexibility index (Phi) is 6.95. The first-order valence-electron chi connectivity index (χ1n) is 6.78. The van der Waals surface area contributed by atoms with Crippen LogP contribution in [-0.4, -0.2) is 23.5 Å². The molecule has 19 heavy (non-hydrogen) atoms. The molecule has 3 N–H and O–H groups in total. The zero-order chi connectivity index (χ0) is 14.3. The molecule has 3 nitrogen and oxygen atoms in total. The van der Waals surface area contributed by atoms with Gasteiger partial charge < -0.3 is 11.1 Å². The molecule has 0 aromatic heterocycles. The summed E-state index contributed by atoms with van der Waals surface area (Å²) in [5.41, 5.74) is 8.78. The average molecular weight is 280 g/mol. The molecule has 0 aliphatic heterocycles. The van der Waals surface area contributed by atoms with Gasteiger partial charge in [-0.1, -0.05) is 32.0 Å². The lowest BCUT2D eigenvalue weighted by molar-refractivity contribution is -0.113. The van der Waals surface area contributed by atoms with Crippen molar-refractivity contribution in [3.8, 4) is 0 Å². The summed E-state index contributed by atoms with van der Waals surface area (Å²) in [6.07, 6.45) is 1.87. The van der Waals surface area contributed by atoms with E-state index in [1.165, 1.54) is 5.56 Å². The zero-order valence-electron chi connectivity index (χ0n) is 12.0. The van der Waals surface area contributed by atoms with Crippen LogP contribution in [0.3, 0.4) is 0 Å². The van der Waals surface area contributed by atoms with Crippen LogP contribution < -0.4 is 11.1 Å². The molecule has 0 fully saturated rings. The normalized spacial score (nSPS) is 12.2. The SMILES string of the molecule is CCc1cccc(C)c1NC(=O)CSC(C)CCN. The molecule has 4 heteroatoms. The van der Waals surface area contributed by atoms with Gasteiger partial charge in [-0.05, 0) is 37.4 Å². The van der Waals surface area contributed by atoms with Crippen molar-refractivity contribution in [2.75, 3.05) is 17.6 Å². The first-order valence-corrected chi connectivity index (χ1v) is 7.83. The molecule has 1 aromatic carbocycles. The number of aryl methyl sites for hydroxylation is 2. The third-order valence-corrected chi connectivity index (χ3v) is 4.31. The minimum atomic E-state index is 0.0675. The van der Waals surface area contributed by atoms with E-state index < -0.39 is 0 Å². The van der Waals surface area contributed by atoms with Crippen molar-refractivity contribution in [3.05, 3.63) is 29.3 Å². The summed E-state index contributed by atoms with van der Waals surface area (Å²) in [5, 5.41) is 3.47. The van der Waals surface area contributed by atoms with Gasteiger partial charge in [-0.15, -0.1) is 11.8 Å². The summed E-state index contributed by atoms with van der Waals surface area (Å²) >= 11 is 1.66. The second-order valence-corrected chi connectivity index (χ2v) is 6.14. The van der Waals surface area contributed by atoms with Crippen LogP contribution in [0.5, 0.6) is 0 Å². The molecule has 0 spiro atoms. The molecule has 1 amide bonds. The molecular weight excluding hydrogens is 256 g/mol. The van der Waals surface area contributed by atoms with E-state index in [0.717, 1.165) is 24.1 Å². The molecular formula is C15H24N2OS. The summed E-state index contributed by atoms with van der Waals surface area (Å²) < 4.78 is 0. The number of amides is 1. The largest absolute Gasteiger partial charge is 0.330 e. The van der Waals surface area contributed by atoms with E-state index in [9.17, 15) is 4.79 Å². The lowest BCUT2D eigenvalue weighted by Gasteiger charge is -2.14. The Labute approximate surface area is 120 Å². The molecule has 1 atom stereocenters. The molecule has 1 rings (SSSR count). The van der Waals surface area contributed by atoms with E-state index in [-0.39, 0.29) is 5.91 Å². The van der Waals surface area contributed by atoms with E-state index >= 15 is 0 Å². The topological polar surface area (TPSA) is 55.1 Å². The number of nitrogens with one attached hydrogen (secondary N) is 1. The van der Waals surface area contributed by atoms with Gasteiger partial charge in [0.15, 0.2) is 0 Å². The van der Waals surface area contributed by atoms with E-state index in [1.54, 1.807) is 11.8 Å². The molecule has 1 aromatic rings. The second-order valence-electron chi connectivity index (χ2n) is 4.71. The molecule has 0 radical (unpaired) electrons. The van der Waals surface area contributed by atoms with Gasteiger partial charge >= 0.3 is 0 Å². The van der Waals surface area contributed by atoms with Crippen molar-refractivity contribution >= 4 is 23.4 Å². The smallest absolute Gasteiger partial charge is 0.234 e. The average Bonchev–Trinajstić information content (AvgIpc) is 2.39. The number of hydrogen-bond acceptors (Lipinski definition) is 3. The third-order valence-electron chi connectivity index (χ3n) is 3.08. The number of carbonyl (C=O) groups is 1. The highest BCUT2D eigenvalue weighted by molar-refractivity contribution is 8.00. The Hall–Kier alpha value is -1.000. The molecule has 0 aliphatic carbocycles. The minimum Gasteiger partial charge on any atom is -0.330 e. The molecule has 106 valence electrons. The van der Waals surface area contributed by atoms with Gasteiger partial charge in [0.25, 0.3) is 0 Å². The first-order chi connectivity index (χ1) is 9.08. The summed E-state index contributed by atoms with van der Waals surface area (Å²) in [5.74, 6) is 0.552. The number of benzene rings is 1. The highest BCUT2D eigenvalue weighted by Crippen LogP contribution is 2.22. The second kappa shape index (κ2) is 8.23. The fourth-order valence-corrected chi connectivity index (χ4v) is 2.72. The Morgan fingerprint density at radius 2 is 2.21 bits per heavy atom. The number of hydrogen-bond donors (Lipinski definition) is 2. The van der Waals surface area contributed by atoms with Crippen molar-refractivity contribution in [1.82, 2.24) is 0 Å². The Balaban J connectivity index is 2.57. The maximum absolute atomic E-state index is 12.0.